The van der Waals surface area contributed by atoms with Gasteiger partial charge in [-0.2, -0.15) is 0 Å². The highest BCUT2D eigenvalue weighted by molar-refractivity contribution is 5.83. The summed E-state index contributed by atoms with van der Waals surface area (Å²) in [6, 6.07) is 21.8. The van der Waals surface area contributed by atoms with Crippen molar-refractivity contribution in [3.63, 3.8) is 0 Å². The minimum absolute atomic E-state index is 0.757. The van der Waals surface area contributed by atoms with E-state index in [1.807, 2.05) is 0 Å². The standard InChI is InChI=1S/C26H28N2/c1-2-8-22(9-3-1)23-13-16-27(17-14-23)20-21-7-6-11-25(19-21)28-18-15-24-10-4-5-12-26(24)28/h1-5,8-13,15,18,21H,6-7,14,16-17,19-20H2. The molecule has 0 saturated carbocycles. The van der Waals surface area contributed by atoms with E-state index < -0.39 is 0 Å². The summed E-state index contributed by atoms with van der Waals surface area (Å²) in [5, 5.41) is 1.33. The lowest BCUT2D eigenvalue weighted by Crippen LogP contribution is -2.34. The maximum Gasteiger partial charge on any atom is 0.0525 e. The van der Waals surface area contributed by atoms with Crippen molar-refractivity contribution < 1.29 is 0 Å². The average Bonchev–Trinajstić information content (AvgIpc) is 3.19. The second-order valence-corrected chi connectivity index (χ2v) is 8.19. The molecule has 0 saturated heterocycles. The minimum atomic E-state index is 0.757. The number of hydrogen-bond donors (Lipinski definition) is 0. The van der Waals surface area contributed by atoms with E-state index in [2.05, 4.69) is 88.5 Å². The van der Waals surface area contributed by atoms with Crippen LogP contribution in [0.25, 0.3) is 22.2 Å². The molecule has 0 N–H and O–H groups in total. The summed E-state index contributed by atoms with van der Waals surface area (Å²) < 4.78 is 2.41. The predicted molar refractivity (Wildman–Crippen MR) is 119 cm³/mol. The van der Waals surface area contributed by atoms with Gasteiger partial charge in [0, 0.05) is 31.5 Å². The fourth-order valence-electron chi connectivity index (χ4n) is 4.81. The molecular weight excluding hydrogens is 340 g/mol. The zero-order chi connectivity index (χ0) is 18.8. The second-order valence-electron chi connectivity index (χ2n) is 8.19. The number of nitrogens with zero attached hydrogens (tertiary/aromatic N) is 2. The first-order valence-corrected chi connectivity index (χ1v) is 10.6. The number of allylic oxidation sites excluding steroid dienone is 2. The van der Waals surface area contributed by atoms with Gasteiger partial charge < -0.3 is 4.57 Å². The van der Waals surface area contributed by atoms with Crippen LogP contribution in [0, 0.1) is 5.92 Å². The number of benzene rings is 2. The molecule has 1 atom stereocenters. The third-order valence-electron chi connectivity index (χ3n) is 6.32. The van der Waals surface area contributed by atoms with Gasteiger partial charge in [0.15, 0.2) is 0 Å². The van der Waals surface area contributed by atoms with Gasteiger partial charge in [0.2, 0.25) is 0 Å². The van der Waals surface area contributed by atoms with Crippen molar-refractivity contribution in [2.75, 3.05) is 19.6 Å². The third-order valence-corrected chi connectivity index (χ3v) is 6.32. The molecule has 0 radical (unpaired) electrons. The molecule has 2 aromatic carbocycles. The first-order valence-electron chi connectivity index (χ1n) is 10.6. The van der Waals surface area contributed by atoms with Crippen LogP contribution in [0.3, 0.4) is 0 Å². The summed E-state index contributed by atoms with van der Waals surface area (Å²) in [5.41, 5.74) is 5.72. The number of hydrogen-bond acceptors (Lipinski definition) is 1. The number of aromatic nitrogens is 1. The maximum atomic E-state index is 2.65. The van der Waals surface area contributed by atoms with Gasteiger partial charge >= 0.3 is 0 Å². The summed E-state index contributed by atoms with van der Waals surface area (Å²) in [5.74, 6) is 0.757. The largest absolute Gasteiger partial charge is 0.321 e. The predicted octanol–water partition coefficient (Wildman–Crippen LogP) is 6.07. The zero-order valence-corrected chi connectivity index (χ0v) is 16.4. The van der Waals surface area contributed by atoms with Gasteiger partial charge in [0.1, 0.15) is 0 Å². The fourth-order valence-corrected chi connectivity index (χ4v) is 4.81. The van der Waals surface area contributed by atoms with Gasteiger partial charge in [0.25, 0.3) is 0 Å². The highest BCUT2D eigenvalue weighted by Crippen LogP contribution is 2.32. The monoisotopic (exact) mass is 368 g/mol. The van der Waals surface area contributed by atoms with Gasteiger partial charge in [-0.05, 0) is 60.3 Å². The van der Waals surface area contributed by atoms with Crippen molar-refractivity contribution in [3.05, 3.63) is 84.6 Å². The molecule has 2 heterocycles. The molecule has 0 fully saturated rings. The molecule has 1 aromatic heterocycles. The Labute approximate surface area is 167 Å². The zero-order valence-electron chi connectivity index (χ0n) is 16.4. The van der Waals surface area contributed by atoms with Gasteiger partial charge in [-0.15, -0.1) is 0 Å². The Morgan fingerprint density at radius 3 is 2.61 bits per heavy atom. The van der Waals surface area contributed by atoms with Crippen LogP contribution in [0.2, 0.25) is 0 Å². The van der Waals surface area contributed by atoms with E-state index in [1.54, 1.807) is 0 Å². The van der Waals surface area contributed by atoms with Crippen molar-refractivity contribution in [2.45, 2.75) is 25.7 Å². The molecule has 0 amide bonds. The quantitative estimate of drug-likeness (QED) is 0.542. The summed E-state index contributed by atoms with van der Waals surface area (Å²) in [4.78, 5) is 2.65. The Morgan fingerprint density at radius 2 is 1.75 bits per heavy atom. The average molecular weight is 369 g/mol. The Hall–Kier alpha value is -2.58. The summed E-state index contributed by atoms with van der Waals surface area (Å²) in [7, 11) is 0. The van der Waals surface area contributed by atoms with Gasteiger partial charge in [0.05, 0.1) is 5.52 Å². The number of rotatable bonds is 4. The Balaban J connectivity index is 1.24. The lowest BCUT2D eigenvalue weighted by Gasteiger charge is -2.32. The van der Waals surface area contributed by atoms with Crippen molar-refractivity contribution >= 4 is 22.2 Å². The highest BCUT2D eigenvalue weighted by atomic mass is 15.1. The van der Waals surface area contributed by atoms with Crippen LogP contribution in [0.1, 0.15) is 31.2 Å². The van der Waals surface area contributed by atoms with Crippen LogP contribution < -0.4 is 0 Å². The molecule has 2 nitrogen and oxygen atoms in total. The van der Waals surface area contributed by atoms with Gasteiger partial charge in [-0.3, -0.25) is 4.90 Å². The van der Waals surface area contributed by atoms with Crippen molar-refractivity contribution in [1.82, 2.24) is 9.47 Å². The lowest BCUT2D eigenvalue weighted by atomic mass is 9.90. The minimum Gasteiger partial charge on any atom is -0.321 e. The normalized spacial score (nSPS) is 20.8. The van der Waals surface area contributed by atoms with E-state index in [9.17, 15) is 0 Å². The molecule has 0 bridgehead atoms. The van der Waals surface area contributed by atoms with Crippen molar-refractivity contribution in [1.29, 1.82) is 0 Å². The maximum absolute atomic E-state index is 2.65. The summed E-state index contributed by atoms with van der Waals surface area (Å²) in [6.45, 7) is 3.49. The number of fused-ring (bicyclic) bond motifs is 1. The molecule has 1 aliphatic carbocycles. The van der Waals surface area contributed by atoms with Crippen LogP contribution in [-0.4, -0.2) is 29.1 Å². The first-order chi connectivity index (χ1) is 13.9. The van der Waals surface area contributed by atoms with Gasteiger partial charge in [-0.1, -0.05) is 60.7 Å². The molecule has 1 aliphatic heterocycles. The van der Waals surface area contributed by atoms with Crippen LogP contribution in [0.15, 0.2) is 79.0 Å². The second kappa shape index (κ2) is 7.81. The van der Waals surface area contributed by atoms with Crippen LogP contribution in [-0.2, 0) is 0 Å². The molecule has 1 unspecified atom stereocenters. The highest BCUT2D eigenvalue weighted by Gasteiger charge is 2.21. The summed E-state index contributed by atoms with van der Waals surface area (Å²) in [6.07, 6.45) is 12.0. The lowest BCUT2D eigenvalue weighted by molar-refractivity contribution is 0.243. The molecule has 3 aromatic rings. The Morgan fingerprint density at radius 1 is 0.893 bits per heavy atom. The van der Waals surface area contributed by atoms with E-state index >= 15 is 0 Å². The smallest absolute Gasteiger partial charge is 0.0525 e. The van der Waals surface area contributed by atoms with Crippen molar-refractivity contribution in [2.24, 2.45) is 5.92 Å². The fraction of sp³-hybridized carbons (Fsp3) is 0.308. The summed E-state index contributed by atoms with van der Waals surface area (Å²) >= 11 is 0. The van der Waals surface area contributed by atoms with E-state index in [4.69, 9.17) is 0 Å². The van der Waals surface area contributed by atoms with E-state index in [0.717, 1.165) is 12.5 Å². The molecule has 0 spiro atoms. The Kier molecular flexibility index (Phi) is 4.88. The van der Waals surface area contributed by atoms with Crippen LogP contribution in [0.5, 0.6) is 0 Å². The molecule has 2 heteroatoms. The topological polar surface area (TPSA) is 8.17 Å². The van der Waals surface area contributed by atoms with Crippen molar-refractivity contribution in [3.8, 4) is 0 Å². The van der Waals surface area contributed by atoms with E-state index in [1.165, 1.54) is 66.5 Å². The molecule has 28 heavy (non-hydrogen) atoms. The molecule has 5 rings (SSSR count). The first kappa shape index (κ1) is 17.5. The van der Waals surface area contributed by atoms with Crippen LogP contribution in [0.4, 0.5) is 0 Å². The van der Waals surface area contributed by atoms with E-state index in [0.29, 0.717) is 0 Å². The SMILES string of the molecule is C1=C(c2ccccc2)CCN(CC2CCC=C(n3ccc4ccccc43)C2)C1. The number of para-hydroxylation sites is 1. The third kappa shape index (κ3) is 3.57. The van der Waals surface area contributed by atoms with Crippen LogP contribution >= 0.6 is 0 Å². The van der Waals surface area contributed by atoms with Gasteiger partial charge in [-0.25, -0.2) is 0 Å². The molecule has 2 aliphatic rings. The molecular formula is C26H28N2. The molecule has 142 valence electrons. The Bertz CT molecular complexity index is 1010. The van der Waals surface area contributed by atoms with E-state index in [-0.39, 0.29) is 0 Å².